The predicted octanol–water partition coefficient (Wildman–Crippen LogP) is 4.52. The fourth-order valence-electron chi connectivity index (χ4n) is 2.91. The second kappa shape index (κ2) is 6.32. The lowest BCUT2D eigenvalue weighted by Crippen LogP contribution is -2.06. The van der Waals surface area contributed by atoms with Crippen molar-refractivity contribution in [1.82, 2.24) is 14.5 Å². The maximum atomic E-state index is 4.65. The van der Waals surface area contributed by atoms with E-state index in [0.29, 0.717) is 0 Å². The monoisotopic (exact) mass is 372 g/mol. The first-order chi connectivity index (χ1) is 11.0. The molecule has 1 N–H and O–H groups in total. The van der Waals surface area contributed by atoms with Crippen LogP contribution in [0.15, 0.2) is 28.9 Å². The summed E-state index contributed by atoms with van der Waals surface area (Å²) in [4.78, 5) is 9.23. The molecule has 0 saturated carbocycles. The third-order valence-electron chi connectivity index (χ3n) is 4.38. The highest BCUT2D eigenvalue weighted by Crippen LogP contribution is 2.26. The number of fused-ring (bicyclic) bond motifs is 1. The lowest BCUT2D eigenvalue weighted by Gasteiger charge is -2.13. The maximum absolute atomic E-state index is 4.65. The van der Waals surface area contributed by atoms with Gasteiger partial charge in [-0.15, -0.1) is 0 Å². The Hall–Kier alpha value is -1.88. The molecule has 0 unspecified atom stereocenters. The first-order valence-electron chi connectivity index (χ1n) is 7.82. The van der Waals surface area contributed by atoms with Gasteiger partial charge in [0, 0.05) is 13.6 Å². The van der Waals surface area contributed by atoms with Gasteiger partial charge in [0.1, 0.15) is 15.9 Å². The highest BCUT2D eigenvalue weighted by atomic mass is 79.9. The van der Waals surface area contributed by atoms with Crippen molar-refractivity contribution in [3.8, 4) is 0 Å². The van der Waals surface area contributed by atoms with E-state index < -0.39 is 0 Å². The van der Waals surface area contributed by atoms with Crippen molar-refractivity contribution in [2.45, 2.75) is 33.7 Å². The summed E-state index contributed by atoms with van der Waals surface area (Å²) in [5.74, 6) is 1.80. The summed E-state index contributed by atoms with van der Waals surface area (Å²) >= 11 is 3.50. The van der Waals surface area contributed by atoms with Crippen LogP contribution in [0.5, 0.6) is 0 Å². The van der Waals surface area contributed by atoms with E-state index in [0.717, 1.165) is 40.2 Å². The second-order valence-corrected chi connectivity index (χ2v) is 6.61. The van der Waals surface area contributed by atoms with Crippen LogP contribution >= 0.6 is 15.9 Å². The Morgan fingerprint density at radius 1 is 1.22 bits per heavy atom. The van der Waals surface area contributed by atoms with Gasteiger partial charge in [-0.05, 0) is 59.0 Å². The van der Waals surface area contributed by atoms with Crippen LogP contribution in [-0.2, 0) is 20.0 Å². The Morgan fingerprint density at radius 2 is 2.00 bits per heavy atom. The number of halogens is 1. The summed E-state index contributed by atoms with van der Waals surface area (Å²) in [6, 6.07) is 8.48. The van der Waals surface area contributed by atoms with Gasteiger partial charge in [0.15, 0.2) is 5.82 Å². The SMILES string of the molecule is CCc1cccc(C)c1CNc1nc(Br)cc2c1nc(C)n2C. The van der Waals surface area contributed by atoms with Crippen LogP contribution in [0, 0.1) is 13.8 Å². The average molecular weight is 373 g/mol. The molecule has 0 spiro atoms. The van der Waals surface area contributed by atoms with Crippen molar-refractivity contribution in [2.75, 3.05) is 5.32 Å². The van der Waals surface area contributed by atoms with Gasteiger partial charge in [0.05, 0.1) is 5.52 Å². The topological polar surface area (TPSA) is 42.7 Å². The second-order valence-electron chi connectivity index (χ2n) is 5.80. The Kier molecular flexibility index (Phi) is 4.39. The predicted molar refractivity (Wildman–Crippen MR) is 98.8 cm³/mol. The first-order valence-corrected chi connectivity index (χ1v) is 8.61. The lowest BCUT2D eigenvalue weighted by atomic mass is 10.00. The van der Waals surface area contributed by atoms with Gasteiger partial charge in [-0.3, -0.25) is 0 Å². The van der Waals surface area contributed by atoms with Crippen LogP contribution < -0.4 is 5.32 Å². The van der Waals surface area contributed by atoms with Gasteiger partial charge < -0.3 is 9.88 Å². The number of hydrogen-bond acceptors (Lipinski definition) is 3. The Labute approximate surface area is 145 Å². The van der Waals surface area contributed by atoms with Crippen LogP contribution in [0.25, 0.3) is 11.0 Å². The molecule has 23 heavy (non-hydrogen) atoms. The largest absolute Gasteiger partial charge is 0.364 e. The van der Waals surface area contributed by atoms with E-state index in [9.17, 15) is 0 Å². The number of aryl methyl sites for hydroxylation is 4. The van der Waals surface area contributed by atoms with Crippen molar-refractivity contribution < 1.29 is 0 Å². The fourth-order valence-corrected chi connectivity index (χ4v) is 3.31. The molecule has 120 valence electrons. The fraction of sp³-hybridized carbons (Fsp3) is 0.333. The molecule has 0 aliphatic heterocycles. The highest BCUT2D eigenvalue weighted by molar-refractivity contribution is 9.10. The van der Waals surface area contributed by atoms with E-state index in [1.165, 1.54) is 16.7 Å². The number of imidazole rings is 1. The third-order valence-corrected chi connectivity index (χ3v) is 4.79. The van der Waals surface area contributed by atoms with E-state index in [1.54, 1.807) is 0 Å². The lowest BCUT2D eigenvalue weighted by molar-refractivity contribution is 0.885. The van der Waals surface area contributed by atoms with Gasteiger partial charge in [-0.1, -0.05) is 25.1 Å². The molecule has 2 heterocycles. The van der Waals surface area contributed by atoms with Crippen molar-refractivity contribution >= 4 is 32.8 Å². The van der Waals surface area contributed by atoms with Gasteiger partial charge in [0.2, 0.25) is 0 Å². The minimum Gasteiger partial charge on any atom is -0.364 e. The number of benzene rings is 1. The number of hydrogen-bond donors (Lipinski definition) is 1. The van der Waals surface area contributed by atoms with Crippen molar-refractivity contribution in [2.24, 2.45) is 7.05 Å². The molecule has 5 heteroatoms. The summed E-state index contributed by atoms with van der Waals surface area (Å²) in [6.45, 7) is 7.11. The van der Waals surface area contributed by atoms with Crippen LogP contribution in [0.4, 0.5) is 5.82 Å². The number of rotatable bonds is 4. The van der Waals surface area contributed by atoms with Crippen molar-refractivity contribution in [3.63, 3.8) is 0 Å². The van der Waals surface area contributed by atoms with E-state index in [1.807, 2.05) is 20.0 Å². The zero-order valence-electron chi connectivity index (χ0n) is 13.9. The molecule has 0 aliphatic rings. The molecule has 0 atom stereocenters. The van der Waals surface area contributed by atoms with E-state index in [-0.39, 0.29) is 0 Å². The summed E-state index contributed by atoms with van der Waals surface area (Å²) in [7, 11) is 2.03. The molecule has 0 bridgehead atoms. The van der Waals surface area contributed by atoms with Crippen LogP contribution in [0.1, 0.15) is 29.4 Å². The quantitative estimate of drug-likeness (QED) is 0.684. The van der Waals surface area contributed by atoms with Crippen LogP contribution in [-0.4, -0.2) is 14.5 Å². The number of aromatic nitrogens is 3. The number of pyridine rings is 1. The number of anilines is 1. The molecule has 1 aromatic carbocycles. The summed E-state index contributed by atoms with van der Waals surface area (Å²) < 4.78 is 2.90. The van der Waals surface area contributed by atoms with Crippen molar-refractivity contribution in [3.05, 3.63) is 51.4 Å². The zero-order chi connectivity index (χ0) is 16.6. The molecular formula is C18H21BrN4. The highest BCUT2D eigenvalue weighted by Gasteiger charge is 2.12. The van der Waals surface area contributed by atoms with Gasteiger partial charge >= 0.3 is 0 Å². The van der Waals surface area contributed by atoms with Crippen LogP contribution in [0.3, 0.4) is 0 Å². The summed E-state index contributed by atoms with van der Waals surface area (Å²) in [5, 5.41) is 3.48. The first kappa shape index (κ1) is 16.0. The normalized spacial score (nSPS) is 11.2. The molecule has 0 saturated heterocycles. The van der Waals surface area contributed by atoms with Crippen molar-refractivity contribution in [1.29, 1.82) is 0 Å². The Morgan fingerprint density at radius 3 is 2.74 bits per heavy atom. The van der Waals surface area contributed by atoms with Crippen LogP contribution in [0.2, 0.25) is 0 Å². The molecule has 0 fully saturated rings. The molecule has 0 radical (unpaired) electrons. The minimum absolute atomic E-state index is 0.754. The van der Waals surface area contributed by atoms with Gasteiger partial charge in [-0.2, -0.15) is 0 Å². The summed E-state index contributed by atoms with van der Waals surface area (Å²) in [5.41, 5.74) is 6.02. The molecule has 4 nitrogen and oxygen atoms in total. The number of nitrogens with one attached hydrogen (secondary N) is 1. The molecule has 3 aromatic rings. The minimum atomic E-state index is 0.754. The Bertz CT molecular complexity index is 867. The molecular weight excluding hydrogens is 352 g/mol. The van der Waals surface area contributed by atoms with Gasteiger partial charge in [0.25, 0.3) is 0 Å². The van der Waals surface area contributed by atoms with E-state index >= 15 is 0 Å². The van der Waals surface area contributed by atoms with E-state index in [2.05, 4.69) is 67.8 Å². The molecule has 0 amide bonds. The smallest absolute Gasteiger partial charge is 0.155 e. The average Bonchev–Trinajstić information content (AvgIpc) is 2.81. The molecule has 3 rings (SSSR count). The van der Waals surface area contributed by atoms with E-state index in [4.69, 9.17) is 0 Å². The third kappa shape index (κ3) is 2.98. The Balaban J connectivity index is 1.98. The number of nitrogens with zero attached hydrogens (tertiary/aromatic N) is 3. The molecule has 0 aliphatic carbocycles. The standard InChI is InChI=1S/C18H21BrN4/c1-5-13-8-6-7-11(2)14(13)10-20-18-17-15(9-16(19)22-18)23(4)12(3)21-17/h6-9H,5,10H2,1-4H3,(H,20,22). The zero-order valence-corrected chi connectivity index (χ0v) is 15.5. The maximum Gasteiger partial charge on any atom is 0.155 e. The molecule has 2 aromatic heterocycles. The van der Waals surface area contributed by atoms with Gasteiger partial charge in [-0.25, -0.2) is 9.97 Å². The summed E-state index contributed by atoms with van der Waals surface area (Å²) in [6.07, 6.45) is 1.03.